The minimum Gasteiger partial charge on any atom is -0.379 e. The standard InChI is InChI=1S/C14H27NO2/c1-12(2)13-4-8-17-14(11-13)3-5-15-6-9-16-10-7-15/h12-14H,3-11H2,1-2H3. The van der Waals surface area contributed by atoms with Gasteiger partial charge >= 0.3 is 0 Å². The Morgan fingerprint density at radius 2 is 1.94 bits per heavy atom. The van der Waals surface area contributed by atoms with Crippen LogP contribution in [-0.2, 0) is 9.47 Å². The molecule has 2 fully saturated rings. The van der Waals surface area contributed by atoms with Crippen molar-refractivity contribution in [3.05, 3.63) is 0 Å². The molecule has 0 amide bonds. The highest BCUT2D eigenvalue weighted by molar-refractivity contribution is 4.75. The summed E-state index contributed by atoms with van der Waals surface area (Å²) in [6.07, 6.45) is 4.22. The minimum atomic E-state index is 0.499. The van der Waals surface area contributed by atoms with Gasteiger partial charge in [-0.2, -0.15) is 0 Å². The molecule has 0 radical (unpaired) electrons. The number of hydrogen-bond donors (Lipinski definition) is 0. The molecular formula is C14H27NO2. The van der Waals surface area contributed by atoms with Gasteiger partial charge in [0.05, 0.1) is 19.3 Å². The first-order valence-corrected chi connectivity index (χ1v) is 7.17. The monoisotopic (exact) mass is 241 g/mol. The maximum Gasteiger partial charge on any atom is 0.0594 e. The highest BCUT2D eigenvalue weighted by atomic mass is 16.5. The molecule has 2 aliphatic rings. The highest BCUT2D eigenvalue weighted by Crippen LogP contribution is 2.28. The third kappa shape index (κ3) is 4.23. The van der Waals surface area contributed by atoms with Crippen LogP contribution in [0.3, 0.4) is 0 Å². The second kappa shape index (κ2) is 6.72. The van der Waals surface area contributed by atoms with Crippen molar-refractivity contribution in [3.63, 3.8) is 0 Å². The zero-order valence-corrected chi connectivity index (χ0v) is 11.4. The maximum absolute atomic E-state index is 5.89. The molecule has 0 aromatic carbocycles. The average Bonchev–Trinajstić information content (AvgIpc) is 2.38. The Morgan fingerprint density at radius 1 is 1.18 bits per heavy atom. The molecule has 2 rings (SSSR count). The van der Waals surface area contributed by atoms with Crippen LogP contribution in [0.5, 0.6) is 0 Å². The maximum atomic E-state index is 5.89. The number of hydrogen-bond acceptors (Lipinski definition) is 3. The molecule has 2 aliphatic heterocycles. The molecule has 3 heteroatoms. The van der Waals surface area contributed by atoms with Crippen LogP contribution < -0.4 is 0 Å². The smallest absolute Gasteiger partial charge is 0.0594 e. The molecule has 0 saturated carbocycles. The van der Waals surface area contributed by atoms with Crippen LogP contribution in [0.25, 0.3) is 0 Å². The van der Waals surface area contributed by atoms with E-state index >= 15 is 0 Å². The molecule has 0 aliphatic carbocycles. The summed E-state index contributed by atoms with van der Waals surface area (Å²) >= 11 is 0. The minimum absolute atomic E-state index is 0.499. The lowest BCUT2D eigenvalue weighted by molar-refractivity contribution is -0.0329. The number of morpholine rings is 1. The summed E-state index contributed by atoms with van der Waals surface area (Å²) < 4.78 is 11.3. The van der Waals surface area contributed by atoms with Crippen LogP contribution in [0.4, 0.5) is 0 Å². The molecule has 0 spiro atoms. The summed E-state index contributed by atoms with van der Waals surface area (Å²) in [5, 5.41) is 0. The Bertz CT molecular complexity index is 214. The van der Waals surface area contributed by atoms with Crippen molar-refractivity contribution in [2.75, 3.05) is 39.5 Å². The SMILES string of the molecule is CC(C)C1CCOC(CCN2CCOCC2)C1. The van der Waals surface area contributed by atoms with E-state index in [1.807, 2.05) is 0 Å². The Labute approximate surface area is 105 Å². The molecule has 0 aromatic heterocycles. The molecule has 100 valence electrons. The zero-order valence-electron chi connectivity index (χ0n) is 11.4. The van der Waals surface area contributed by atoms with E-state index in [4.69, 9.17) is 9.47 Å². The van der Waals surface area contributed by atoms with E-state index in [0.29, 0.717) is 6.10 Å². The van der Waals surface area contributed by atoms with Crippen LogP contribution in [0.2, 0.25) is 0 Å². The molecule has 2 unspecified atom stereocenters. The van der Waals surface area contributed by atoms with Crippen molar-refractivity contribution in [1.29, 1.82) is 0 Å². The summed E-state index contributed by atoms with van der Waals surface area (Å²) in [5.74, 6) is 1.68. The normalized spacial score (nSPS) is 31.9. The lowest BCUT2D eigenvalue weighted by Gasteiger charge is -2.34. The number of rotatable bonds is 4. The molecule has 2 atom stereocenters. The van der Waals surface area contributed by atoms with Gasteiger partial charge in [-0.1, -0.05) is 13.8 Å². The predicted octanol–water partition coefficient (Wildman–Crippen LogP) is 2.16. The van der Waals surface area contributed by atoms with Gasteiger partial charge in [0, 0.05) is 26.2 Å². The Hall–Kier alpha value is -0.120. The van der Waals surface area contributed by atoms with Gasteiger partial charge in [0.25, 0.3) is 0 Å². The fourth-order valence-electron chi connectivity index (χ4n) is 2.87. The second-order valence-electron chi connectivity index (χ2n) is 5.76. The van der Waals surface area contributed by atoms with Gasteiger partial charge in [0.1, 0.15) is 0 Å². The van der Waals surface area contributed by atoms with E-state index in [1.54, 1.807) is 0 Å². The Morgan fingerprint density at radius 3 is 2.65 bits per heavy atom. The third-order valence-electron chi connectivity index (χ3n) is 4.22. The summed E-state index contributed by atoms with van der Waals surface area (Å²) in [6, 6.07) is 0. The molecule has 17 heavy (non-hydrogen) atoms. The second-order valence-corrected chi connectivity index (χ2v) is 5.76. The van der Waals surface area contributed by atoms with E-state index in [9.17, 15) is 0 Å². The number of ether oxygens (including phenoxy) is 2. The van der Waals surface area contributed by atoms with Crippen molar-refractivity contribution in [2.45, 2.75) is 39.2 Å². The highest BCUT2D eigenvalue weighted by Gasteiger charge is 2.25. The molecular weight excluding hydrogens is 214 g/mol. The lowest BCUT2D eigenvalue weighted by atomic mass is 9.85. The van der Waals surface area contributed by atoms with Crippen LogP contribution in [0.15, 0.2) is 0 Å². The summed E-state index contributed by atoms with van der Waals surface area (Å²) in [5.41, 5.74) is 0. The molecule has 0 bridgehead atoms. The van der Waals surface area contributed by atoms with Crippen molar-refractivity contribution in [1.82, 2.24) is 4.90 Å². The lowest BCUT2D eigenvalue weighted by Crippen LogP contribution is -2.39. The van der Waals surface area contributed by atoms with E-state index in [2.05, 4.69) is 18.7 Å². The van der Waals surface area contributed by atoms with Gasteiger partial charge in [-0.25, -0.2) is 0 Å². The van der Waals surface area contributed by atoms with Gasteiger partial charge in [-0.15, -0.1) is 0 Å². The van der Waals surface area contributed by atoms with Gasteiger partial charge in [0.15, 0.2) is 0 Å². The predicted molar refractivity (Wildman–Crippen MR) is 69.2 cm³/mol. The van der Waals surface area contributed by atoms with Crippen molar-refractivity contribution >= 4 is 0 Å². The summed E-state index contributed by atoms with van der Waals surface area (Å²) in [7, 11) is 0. The van der Waals surface area contributed by atoms with E-state index in [1.165, 1.54) is 25.8 Å². The van der Waals surface area contributed by atoms with E-state index in [-0.39, 0.29) is 0 Å². The molecule has 2 heterocycles. The van der Waals surface area contributed by atoms with Gasteiger partial charge in [-0.3, -0.25) is 4.90 Å². The fourth-order valence-corrected chi connectivity index (χ4v) is 2.87. The largest absolute Gasteiger partial charge is 0.379 e. The molecule has 3 nitrogen and oxygen atoms in total. The quantitative estimate of drug-likeness (QED) is 0.753. The number of nitrogens with zero attached hydrogens (tertiary/aromatic N) is 1. The first kappa shape index (κ1) is 13.3. The van der Waals surface area contributed by atoms with E-state index < -0.39 is 0 Å². The van der Waals surface area contributed by atoms with Crippen molar-refractivity contribution in [3.8, 4) is 0 Å². The average molecular weight is 241 g/mol. The first-order chi connectivity index (χ1) is 8.25. The van der Waals surface area contributed by atoms with Gasteiger partial charge < -0.3 is 9.47 Å². The molecule has 2 saturated heterocycles. The van der Waals surface area contributed by atoms with Crippen LogP contribution in [0.1, 0.15) is 33.1 Å². The Balaban J connectivity index is 1.67. The van der Waals surface area contributed by atoms with Crippen LogP contribution in [0, 0.1) is 11.8 Å². The Kier molecular flexibility index (Phi) is 5.26. The zero-order chi connectivity index (χ0) is 12.1. The topological polar surface area (TPSA) is 21.7 Å². The van der Waals surface area contributed by atoms with Crippen LogP contribution >= 0.6 is 0 Å². The van der Waals surface area contributed by atoms with E-state index in [0.717, 1.165) is 44.7 Å². The molecule has 0 aromatic rings. The van der Waals surface area contributed by atoms with Gasteiger partial charge in [-0.05, 0) is 31.1 Å². The summed E-state index contributed by atoms with van der Waals surface area (Å²) in [4.78, 5) is 2.51. The third-order valence-corrected chi connectivity index (χ3v) is 4.22. The first-order valence-electron chi connectivity index (χ1n) is 7.17. The fraction of sp³-hybridized carbons (Fsp3) is 1.00. The van der Waals surface area contributed by atoms with Crippen LogP contribution in [-0.4, -0.2) is 50.5 Å². The van der Waals surface area contributed by atoms with Crippen molar-refractivity contribution in [2.24, 2.45) is 11.8 Å². The summed E-state index contributed by atoms with van der Waals surface area (Å²) in [6.45, 7) is 10.8. The van der Waals surface area contributed by atoms with Crippen molar-refractivity contribution < 1.29 is 9.47 Å². The molecule has 0 N–H and O–H groups in total. The van der Waals surface area contributed by atoms with Gasteiger partial charge in [0.2, 0.25) is 0 Å².